The lowest BCUT2D eigenvalue weighted by Gasteiger charge is -2.19. The number of rotatable bonds is 8. The van der Waals surface area contributed by atoms with Gasteiger partial charge in [-0.2, -0.15) is 0 Å². The molecular formula is C15H25NO2. The predicted molar refractivity (Wildman–Crippen MR) is 74.7 cm³/mol. The van der Waals surface area contributed by atoms with Crippen LogP contribution in [0, 0.1) is 6.92 Å². The molecule has 1 N–H and O–H groups in total. The van der Waals surface area contributed by atoms with E-state index < -0.39 is 0 Å². The summed E-state index contributed by atoms with van der Waals surface area (Å²) in [5.41, 5.74) is 2.20. The molecule has 0 amide bonds. The summed E-state index contributed by atoms with van der Waals surface area (Å²) in [6, 6.07) is 8.03. The van der Waals surface area contributed by atoms with Gasteiger partial charge in [0.05, 0.1) is 6.10 Å². The first-order valence-corrected chi connectivity index (χ1v) is 6.56. The summed E-state index contributed by atoms with van der Waals surface area (Å²) in [5.74, 6) is 0. The van der Waals surface area contributed by atoms with Crippen LogP contribution in [0.5, 0.6) is 0 Å². The van der Waals surface area contributed by atoms with Crippen molar-refractivity contribution in [2.24, 2.45) is 0 Å². The number of methoxy groups -OCH3 is 1. The maximum Gasteiger partial charge on any atom is 0.0804 e. The highest BCUT2D eigenvalue weighted by atomic mass is 16.5. The molecule has 0 aliphatic heterocycles. The number of aryl methyl sites for hydroxylation is 1. The molecular weight excluding hydrogens is 226 g/mol. The van der Waals surface area contributed by atoms with Gasteiger partial charge in [0.2, 0.25) is 0 Å². The number of aliphatic hydroxyl groups excluding tert-OH is 1. The smallest absolute Gasteiger partial charge is 0.0804 e. The molecule has 0 bridgehead atoms. The van der Waals surface area contributed by atoms with Crippen molar-refractivity contribution in [3.05, 3.63) is 35.4 Å². The number of hydrogen-bond acceptors (Lipinski definition) is 3. The Hall–Kier alpha value is -0.900. The van der Waals surface area contributed by atoms with E-state index in [4.69, 9.17) is 4.74 Å². The first-order valence-electron chi connectivity index (χ1n) is 6.56. The molecule has 0 fully saturated rings. The van der Waals surface area contributed by atoms with Crippen molar-refractivity contribution in [1.82, 2.24) is 4.90 Å². The molecule has 0 heterocycles. The molecule has 0 saturated heterocycles. The van der Waals surface area contributed by atoms with Gasteiger partial charge in [-0.1, -0.05) is 24.3 Å². The molecule has 1 atom stereocenters. The Morgan fingerprint density at radius 3 is 2.67 bits per heavy atom. The number of nitrogens with zero attached hydrogens (tertiary/aromatic N) is 1. The molecule has 3 nitrogen and oxygen atoms in total. The highest BCUT2D eigenvalue weighted by molar-refractivity contribution is 5.27. The fraction of sp³-hybridized carbons (Fsp3) is 0.600. The Morgan fingerprint density at radius 1 is 1.28 bits per heavy atom. The molecule has 1 aromatic rings. The average Bonchev–Trinajstić information content (AvgIpc) is 2.37. The third kappa shape index (κ3) is 5.17. The maximum atomic E-state index is 10.2. The van der Waals surface area contributed by atoms with Crippen molar-refractivity contribution >= 4 is 0 Å². The molecule has 0 aliphatic carbocycles. The normalized spacial score (nSPS) is 12.9. The van der Waals surface area contributed by atoms with Crippen LogP contribution in [0.15, 0.2) is 24.3 Å². The lowest BCUT2D eigenvalue weighted by atomic mass is 10.0. The molecule has 18 heavy (non-hydrogen) atoms. The maximum absolute atomic E-state index is 10.2. The van der Waals surface area contributed by atoms with E-state index in [-0.39, 0.29) is 6.10 Å². The van der Waals surface area contributed by atoms with Crippen LogP contribution < -0.4 is 0 Å². The molecule has 0 spiro atoms. The Bertz CT molecular complexity index is 341. The molecule has 1 aromatic carbocycles. The second-order valence-electron chi connectivity index (χ2n) is 4.81. The fourth-order valence-electron chi connectivity index (χ4n) is 2.05. The van der Waals surface area contributed by atoms with Crippen LogP contribution in [0.3, 0.4) is 0 Å². The first kappa shape index (κ1) is 15.2. The zero-order chi connectivity index (χ0) is 13.4. The predicted octanol–water partition coefficient (Wildman–Crippen LogP) is 2.39. The lowest BCUT2D eigenvalue weighted by molar-refractivity contribution is 0.141. The second kappa shape index (κ2) is 8.25. The zero-order valence-electron chi connectivity index (χ0n) is 11.7. The minimum absolute atomic E-state index is 0.365. The quantitative estimate of drug-likeness (QED) is 0.720. The van der Waals surface area contributed by atoms with Crippen LogP contribution in [0.2, 0.25) is 0 Å². The molecule has 102 valence electrons. The minimum Gasteiger partial charge on any atom is -0.388 e. The highest BCUT2D eigenvalue weighted by Crippen LogP contribution is 2.20. The number of benzene rings is 1. The van der Waals surface area contributed by atoms with Crippen molar-refractivity contribution in [3.8, 4) is 0 Å². The van der Waals surface area contributed by atoms with Gasteiger partial charge in [0.15, 0.2) is 0 Å². The van der Waals surface area contributed by atoms with Crippen molar-refractivity contribution in [2.45, 2.75) is 25.9 Å². The fourth-order valence-corrected chi connectivity index (χ4v) is 2.05. The van der Waals surface area contributed by atoms with Crippen molar-refractivity contribution in [2.75, 3.05) is 33.9 Å². The standard InChI is InChI=1S/C15H25NO2/c1-13-7-4-5-8-14(13)15(17)9-11-16(2)10-6-12-18-3/h4-5,7-8,15,17H,6,9-12H2,1-3H3. The van der Waals surface area contributed by atoms with Crippen LogP contribution >= 0.6 is 0 Å². The third-order valence-electron chi connectivity index (χ3n) is 3.22. The summed E-state index contributed by atoms with van der Waals surface area (Å²) >= 11 is 0. The van der Waals surface area contributed by atoms with Crippen LogP contribution in [0.25, 0.3) is 0 Å². The van der Waals surface area contributed by atoms with E-state index in [2.05, 4.69) is 11.9 Å². The van der Waals surface area contributed by atoms with E-state index in [1.165, 1.54) is 0 Å². The lowest BCUT2D eigenvalue weighted by Crippen LogP contribution is -2.23. The molecule has 3 heteroatoms. The second-order valence-corrected chi connectivity index (χ2v) is 4.81. The topological polar surface area (TPSA) is 32.7 Å². The summed E-state index contributed by atoms with van der Waals surface area (Å²) in [5, 5.41) is 10.2. The van der Waals surface area contributed by atoms with Gasteiger partial charge in [0.25, 0.3) is 0 Å². The molecule has 1 rings (SSSR count). The molecule has 0 aliphatic rings. The van der Waals surface area contributed by atoms with Gasteiger partial charge in [-0.3, -0.25) is 0 Å². The molecule has 0 radical (unpaired) electrons. The van der Waals surface area contributed by atoms with Crippen LogP contribution in [-0.4, -0.2) is 43.9 Å². The van der Waals surface area contributed by atoms with Gasteiger partial charge >= 0.3 is 0 Å². The largest absolute Gasteiger partial charge is 0.388 e. The monoisotopic (exact) mass is 251 g/mol. The van der Waals surface area contributed by atoms with Gasteiger partial charge < -0.3 is 14.7 Å². The van der Waals surface area contributed by atoms with Gasteiger partial charge in [-0.25, -0.2) is 0 Å². The van der Waals surface area contributed by atoms with Crippen LogP contribution in [0.1, 0.15) is 30.1 Å². The first-order chi connectivity index (χ1) is 8.65. The summed E-state index contributed by atoms with van der Waals surface area (Å²) in [7, 11) is 3.81. The van der Waals surface area contributed by atoms with Gasteiger partial charge in [0.1, 0.15) is 0 Å². The average molecular weight is 251 g/mol. The number of hydrogen-bond donors (Lipinski definition) is 1. The third-order valence-corrected chi connectivity index (χ3v) is 3.22. The summed E-state index contributed by atoms with van der Waals surface area (Å²) < 4.78 is 5.03. The van der Waals surface area contributed by atoms with Crippen LogP contribution in [-0.2, 0) is 4.74 Å². The van der Waals surface area contributed by atoms with E-state index in [0.717, 1.165) is 43.7 Å². The zero-order valence-corrected chi connectivity index (χ0v) is 11.7. The Kier molecular flexibility index (Phi) is 6.94. The summed E-state index contributed by atoms with van der Waals surface area (Å²) in [4.78, 5) is 2.24. The van der Waals surface area contributed by atoms with Crippen molar-refractivity contribution in [3.63, 3.8) is 0 Å². The van der Waals surface area contributed by atoms with Gasteiger partial charge in [0, 0.05) is 26.8 Å². The van der Waals surface area contributed by atoms with Gasteiger partial charge in [-0.15, -0.1) is 0 Å². The van der Waals surface area contributed by atoms with Crippen molar-refractivity contribution < 1.29 is 9.84 Å². The Balaban J connectivity index is 2.32. The van der Waals surface area contributed by atoms with Gasteiger partial charge in [-0.05, 0) is 37.9 Å². The molecule has 0 aromatic heterocycles. The molecule has 0 saturated carbocycles. The highest BCUT2D eigenvalue weighted by Gasteiger charge is 2.10. The van der Waals surface area contributed by atoms with E-state index in [1.54, 1.807) is 7.11 Å². The van der Waals surface area contributed by atoms with Crippen LogP contribution in [0.4, 0.5) is 0 Å². The van der Waals surface area contributed by atoms with E-state index in [9.17, 15) is 5.11 Å². The molecule has 1 unspecified atom stereocenters. The number of aliphatic hydroxyl groups is 1. The SMILES string of the molecule is COCCCN(C)CCC(O)c1ccccc1C. The van der Waals surface area contributed by atoms with E-state index in [0.29, 0.717) is 0 Å². The number of ether oxygens (including phenoxy) is 1. The van der Waals surface area contributed by atoms with E-state index in [1.807, 2.05) is 31.2 Å². The Morgan fingerprint density at radius 2 is 2.00 bits per heavy atom. The summed E-state index contributed by atoms with van der Waals surface area (Å²) in [6.07, 6.45) is 1.44. The van der Waals surface area contributed by atoms with Crippen molar-refractivity contribution in [1.29, 1.82) is 0 Å². The Labute approximate surface area is 110 Å². The minimum atomic E-state index is -0.365. The summed E-state index contributed by atoms with van der Waals surface area (Å²) in [6.45, 7) is 4.75. The van der Waals surface area contributed by atoms with E-state index >= 15 is 0 Å².